The molecule has 0 spiro atoms. The first-order valence-corrected chi connectivity index (χ1v) is 11.0. The molecule has 3 rings (SSSR count). The summed E-state index contributed by atoms with van der Waals surface area (Å²) in [5.41, 5.74) is 1.42. The van der Waals surface area contributed by atoms with Crippen LogP contribution in [-0.4, -0.2) is 27.3 Å². The molecular formula is C22H20ClN3O4S. The zero-order chi connectivity index (χ0) is 22.6. The molecule has 0 fully saturated rings. The van der Waals surface area contributed by atoms with Crippen molar-refractivity contribution >= 4 is 50.5 Å². The molecule has 31 heavy (non-hydrogen) atoms. The standard InChI is InChI=1S/C22H20ClN3O4S/c1-15(27)24-16-7-6-8-17(13-16)25-22(28)20-14-19(11-12-21(20)23)31(29,30)26(2)18-9-4-3-5-10-18/h3-14H,1-2H3,(H,24,27)(H,25,28). The fraction of sp³-hybridized carbons (Fsp3) is 0.0909. The molecule has 2 N–H and O–H groups in total. The summed E-state index contributed by atoms with van der Waals surface area (Å²) >= 11 is 6.18. The maximum absolute atomic E-state index is 13.0. The van der Waals surface area contributed by atoms with Crippen molar-refractivity contribution in [1.29, 1.82) is 0 Å². The van der Waals surface area contributed by atoms with E-state index in [-0.39, 0.29) is 21.4 Å². The number of hydrogen-bond acceptors (Lipinski definition) is 4. The second-order valence-corrected chi connectivity index (χ2v) is 9.04. The highest BCUT2D eigenvalue weighted by atomic mass is 35.5. The zero-order valence-corrected chi connectivity index (χ0v) is 18.4. The minimum absolute atomic E-state index is 0.00846. The van der Waals surface area contributed by atoms with E-state index in [0.29, 0.717) is 17.1 Å². The van der Waals surface area contributed by atoms with Gasteiger partial charge in [0.1, 0.15) is 0 Å². The molecule has 2 amide bonds. The predicted octanol–water partition coefficient (Wildman–Crippen LogP) is 4.38. The van der Waals surface area contributed by atoms with Crippen LogP contribution in [0.15, 0.2) is 77.7 Å². The first-order valence-electron chi connectivity index (χ1n) is 9.21. The molecule has 3 aromatic rings. The van der Waals surface area contributed by atoms with Gasteiger partial charge >= 0.3 is 0 Å². The maximum atomic E-state index is 13.0. The largest absolute Gasteiger partial charge is 0.326 e. The molecule has 0 unspecified atom stereocenters. The van der Waals surface area contributed by atoms with Crippen molar-refractivity contribution in [2.75, 3.05) is 22.0 Å². The van der Waals surface area contributed by atoms with Gasteiger partial charge in [0.2, 0.25) is 5.91 Å². The fourth-order valence-electron chi connectivity index (χ4n) is 2.85. The third-order valence-electron chi connectivity index (χ3n) is 4.40. The summed E-state index contributed by atoms with van der Waals surface area (Å²) in [6.07, 6.45) is 0. The molecule has 0 aliphatic carbocycles. The summed E-state index contributed by atoms with van der Waals surface area (Å²) in [4.78, 5) is 24.0. The molecule has 0 aromatic heterocycles. The van der Waals surface area contributed by atoms with E-state index in [4.69, 9.17) is 11.6 Å². The number of carbonyl (C=O) groups is 2. The molecule has 0 radical (unpaired) electrons. The molecule has 0 bridgehead atoms. The number of anilines is 3. The Morgan fingerprint density at radius 2 is 1.52 bits per heavy atom. The van der Waals surface area contributed by atoms with Gasteiger partial charge in [0.25, 0.3) is 15.9 Å². The lowest BCUT2D eigenvalue weighted by molar-refractivity contribution is -0.114. The molecular weight excluding hydrogens is 438 g/mol. The summed E-state index contributed by atoms with van der Waals surface area (Å²) in [5, 5.41) is 5.40. The van der Waals surface area contributed by atoms with Gasteiger partial charge in [-0.1, -0.05) is 35.9 Å². The van der Waals surface area contributed by atoms with Gasteiger partial charge in [-0.2, -0.15) is 0 Å². The Hall–Kier alpha value is -3.36. The molecule has 0 heterocycles. The minimum atomic E-state index is -3.91. The van der Waals surface area contributed by atoms with Crippen LogP contribution in [0.3, 0.4) is 0 Å². The highest BCUT2D eigenvalue weighted by molar-refractivity contribution is 7.92. The van der Waals surface area contributed by atoms with Crippen molar-refractivity contribution in [3.8, 4) is 0 Å². The van der Waals surface area contributed by atoms with Crippen LogP contribution < -0.4 is 14.9 Å². The SMILES string of the molecule is CC(=O)Nc1cccc(NC(=O)c2cc(S(=O)(=O)N(C)c3ccccc3)ccc2Cl)c1. The number of nitrogens with one attached hydrogen (secondary N) is 2. The van der Waals surface area contributed by atoms with Crippen LogP contribution in [0.5, 0.6) is 0 Å². The Balaban J connectivity index is 1.89. The number of carbonyl (C=O) groups excluding carboxylic acids is 2. The highest BCUT2D eigenvalue weighted by Crippen LogP contribution is 2.26. The van der Waals surface area contributed by atoms with Crippen LogP contribution in [0.1, 0.15) is 17.3 Å². The van der Waals surface area contributed by atoms with Crippen molar-refractivity contribution in [2.45, 2.75) is 11.8 Å². The number of benzene rings is 3. The second kappa shape index (κ2) is 9.20. The molecule has 9 heteroatoms. The molecule has 3 aromatic carbocycles. The van der Waals surface area contributed by atoms with Gasteiger partial charge in [0, 0.05) is 25.3 Å². The van der Waals surface area contributed by atoms with E-state index in [1.165, 1.54) is 32.2 Å². The normalized spacial score (nSPS) is 10.9. The lowest BCUT2D eigenvalue weighted by Crippen LogP contribution is -2.27. The van der Waals surface area contributed by atoms with Gasteiger partial charge in [-0.05, 0) is 48.5 Å². The number of sulfonamides is 1. The lowest BCUT2D eigenvalue weighted by atomic mass is 10.2. The van der Waals surface area contributed by atoms with Gasteiger partial charge in [-0.25, -0.2) is 8.42 Å². The lowest BCUT2D eigenvalue weighted by Gasteiger charge is -2.20. The van der Waals surface area contributed by atoms with E-state index < -0.39 is 15.9 Å². The number of hydrogen-bond donors (Lipinski definition) is 2. The van der Waals surface area contributed by atoms with Crippen molar-refractivity contribution < 1.29 is 18.0 Å². The van der Waals surface area contributed by atoms with E-state index in [2.05, 4.69) is 10.6 Å². The average molecular weight is 458 g/mol. The van der Waals surface area contributed by atoms with E-state index in [0.717, 1.165) is 4.31 Å². The van der Waals surface area contributed by atoms with Gasteiger partial charge in [0.15, 0.2) is 0 Å². The first kappa shape index (κ1) is 22.3. The molecule has 0 atom stereocenters. The summed E-state index contributed by atoms with van der Waals surface area (Å²) in [7, 11) is -2.47. The Labute approximate surface area is 185 Å². The maximum Gasteiger partial charge on any atom is 0.264 e. The van der Waals surface area contributed by atoms with Gasteiger partial charge in [-0.15, -0.1) is 0 Å². The van der Waals surface area contributed by atoms with E-state index >= 15 is 0 Å². The quantitative estimate of drug-likeness (QED) is 0.574. The smallest absolute Gasteiger partial charge is 0.264 e. The molecule has 0 aliphatic rings. The molecule has 7 nitrogen and oxygen atoms in total. The molecule has 160 valence electrons. The summed E-state index contributed by atoms with van der Waals surface area (Å²) in [6, 6.07) is 19.1. The van der Waals surface area contributed by atoms with E-state index in [1.807, 2.05) is 0 Å². The summed E-state index contributed by atoms with van der Waals surface area (Å²) in [5.74, 6) is -0.823. The average Bonchev–Trinajstić information content (AvgIpc) is 2.73. The third-order valence-corrected chi connectivity index (χ3v) is 6.51. The number of rotatable bonds is 6. The topological polar surface area (TPSA) is 95.6 Å². The number of para-hydroxylation sites is 1. The molecule has 0 saturated heterocycles. The monoisotopic (exact) mass is 457 g/mol. The third kappa shape index (κ3) is 5.22. The zero-order valence-electron chi connectivity index (χ0n) is 16.8. The summed E-state index contributed by atoms with van der Waals surface area (Å²) < 4.78 is 27.2. The second-order valence-electron chi connectivity index (χ2n) is 6.67. The van der Waals surface area contributed by atoms with E-state index in [9.17, 15) is 18.0 Å². The van der Waals surface area contributed by atoms with Crippen LogP contribution in [0, 0.1) is 0 Å². The van der Waals surface area contributed by atoms with Crippen LogP contribution in [0.2, 0.25) is 5.02 Å². The van der Waals surface area contributed by atoms with Crippen LogP contribution in [0.4, 0.5) is 17.1 Å². The van der Waals surface area contributed by atoms with Crippen molar-refractivity contribution in [3.05, 3.63) is 83.4 Å². The van der Waals surface area contributed by atoms with Crippen LogP contribution in [-0.2, 0) is 14.8 Å². The molecule has 0 aliphatic heterocycles. The Morgan fingerprint density at radius 1 is 0.871 bits per heavy atom. The van der Waals surface area contributed by atoms with Gasteiger partial charge < -0.3 is 10.6 Å². The number of halogens is 1. The Bertz CT molecular complexity index is 1230. The number of nitrogens with zero attached hydrogens (tertiary/aromatic N) is 1. The highest BCUT2D eigenvalue weighted by Gasteiger charge is 2.23. The van der Waals surface area contributed by atoms with Crippen LogP contribution >= 0.6 is 11.6 Å². The van der Waals surface area contributed by atoms with Crippen molar-refractivity contribution in [1.82, 2.24) is 0 Å². The Morgan fingerprint density at radius 3 is 2.16 bits per heavy atom. The van der Waals surface area contributed by atoms with Crippen molar-refractivity contribution in [3.63, 3.8) is 0 Å². The Kier molecular flexibility index (Phi) is 6.62. The van der Waals surface area contributed by atoms with Gasteiger partial charge in [-0.3, -0.25) is 13.9 Å². The van der Waals surface area contributed by atoms with E-state index in [1.54, 1.807) is 54.6 Å². The van der Waals surface area contributed by atoms with Crippen LogP contribution in [0.25, 0.3) is 0 Å². The number of amides is 2. The summed E-state index contributed by atoms with van der Waals surface area (Å²) in [6.45, 7) is 1.38. The minimum Gasteiger partial charge on any atom is -0.326 e. The predicted molar refractivity (Wildman–Crippen MR) is 122 cm³/mol. The van der Waals surface area contributed by atoms with Crippen molar-refractivity contribution in [2.24, 2.45) is 0 Å². The first-order chi connectivity index (χ1) is 14.7. The van der Waals surface area contributed by atoms with Gasteiger partial charge in [0.05, 0.1) is 21.2 Å². The fourth-order valence-corrected chi connectivity index (χ4v) is 4.28. The molecule has 0 saturated carbocycles.